The Hall–Kier alpha value is -2.09. The van der Waals surface area contributed by atoms with E-state index in [0.717, 1.165) is 0 Å². The smallest absolute Gasteiger partial charge is 0.240 e. The van der Waals surface area contributed by atoms with Crippen LogP contribution in [-0.4, -0.2) is 33.8 Å². The molecule has 130 valence electrons. The molecule has 1 unspecified atom stereocenters. The van der Waals surface area contributed by atoms with Crippen molar-refractivity contribution in [1.29, 1.82) is 0 Å². The third-order valence-electron chi connectivity index (χ3n) is 3.41. The summed E-state index contributed by atoms with van der Waals surface area (Å²) in [6.45, 7) is 2.24. The molecule has 24 heavy (non-hydrogen) atoms. The van der Waals surface area contributed by atoms with Crippen molar-refractivity contribution in [2.24, 2.45) is 0 Å². The van der Waals surface area contributed by atoms with Crippen molar-refractivity contribution in [3.05, 3.63) is 54.1 Å². The van der Waals surface area contributed by atoms with E-state index < -0.39 is 16.1 Å². The molecule has 2 rings (SSSR count). The molecule has 6 nitrogen and oxygen atoms in total. The Morgan fingerprint density at radius 2 is 1.62 bits per heavy atom. The zero-order valence-electron chi connectivity index (χ0n) is 13.6. The molecule has 0 spiro atoms. The average molecular weight is 351 g/mol. The van der Waals surface area contributed by atoms with Crippen LogP contribution in [0.1, 0.15) is 18.6 Å². The summed E-state index contributed by atoms with van der Waals surface area (Å²) in [7, 11) is -2.15. The van der Waals surface area contributed by atoms with E-state index in [1.807, 2.05) is 6.92 Å². The SMILES string of the molecule is CCOc1ccc(S(=O)(=O)NCC(O)c2ccc(OC)cc2)cc1. The molecule has 2 aromatic rings. The van der Waals surface area contributed by atoms with Crippen LogP contribution in [0.3, 0.4) is 0 Å². The highest BCUT2D eigenvalue weighted by Crippen LogP contribution is 2.19. The summed E-state index contributed by atoms with van der Waals surface area (Å²) < 4.78 is 37.2. The number of hydrogen-bond acceptors (Lipinski definition) is 5. The summed E-state index contributed by atoms with van der Waals surface area (Å²) >= 11 is 0. The molecule has 0 bridgehead atoms. The standard InChI is InChI=1S/C17H21NO5S/c1-3-23-15-8-10-16(11-9-15)24(20,21)18-12-17(19)13-4-6-14(22-2)7-5-13/h4-11,17-19H,3,12H2,1-2H3. The van der Waals surface area contributed by atoms with E-state index in [2.05, 4.69) is 4.72 Å². The van der Waals surface area contributed by atoms with E-state index in [9.17, 15) is 13.5 Å². The average Bonchev–Trinajstić information content (AvgIpc) is 2.60. The molecule has 0 aliphatic rings. The molecule has 0 amide bonds. The number of aliphatic hydroxyl groups excluding tert-OH is 1. The van der Waals surface area contributed by atoms with Crippen molar-refractivity contribution in [3.63, 3.8) is 0 Å². The van der Waals surface area contributed by atoms with Crippen LogP contribution in [0.15, 0.2) is 53.4 Å². The minimum atomic E-state index is -3.70. The molecule has 0 saturated heterocycles. The van der Waals surface area contributed by atoms with Crippen molar-refractivity contribution in [1.82, 2.24) is 4.72 Å². The zero-order chi connectivity index (χ0) is 17.6. The van der Waals surface area contributed by atoms with Gasteiger partial charge in [-0.3, -0.25) is 0 Å². The number of ether oxygens (including phenoxy) is 2. The maximum atomic E-state index is 12.3. The molecule has 0 aliphatic carbocycles. The Balaban J connectivity index is 2.00. The van der Waals surface area contributed by atoms with E-state index >= 15 is 0 Å². The van der Waals surface area contributed by atoms with Crippen LogP contribution in [0.5, 0.6) is 11.5 Å². The fourth-order valence-corrected chi connectivity index (χ4v) is 3.14. The van der Waals surface area contributed by atoms with Gasteiger partial charge in [-0.2, -0.15) is 0 Å². The Morgan fingerprint density at radius 3 is 2.17 bits per heavy atom. The van der Waals surface area contributed by atoms with Gasteiger partial charge in [0.15, 0.2) is 0 Å². The van der Waals surface area contributed by atoms with Crippen LogP contribution in [0.4, 0.5) is 0 Å². The summed E-state index contributed by atoms with van der Waals surface area (Å²) in [6, 6.07) is 12.9. The number of rotatable bonds is 8. The van der Waals surface area contributed by atoms with E-state index in [-0.39, 0.29) is 11.4 Å². The number of methoxy groups -OCH3 is 1. The largest absolute Gasteiger partial charge is 0.497 e. The van der Waals surface area contributed by atoms with Crippen molar-refractivity contribution < 1.29 is 23.0 Å². The van der Waals surface area contributed by atoms with Crippen molar-refractivity contribution in [2.75, 3.05) is 20.3 Å². The molecule has 2 N–H and O–H groups in total. The summed E-state index contributed by atoms with van der Waals surface area (Å²) in [5.41, 5.74) is 0.602. The van der Waals surface area contributed by atoms with Crippen molar-refractivity contribution in [2.45, 2.75) is 17.9 Å². The highest BCUT2D eigenvalue weighted by molar-refractivity contribution is 7.89. The number of benzene rings is 2. The summed E-state index contributed by atoms with van der Waals surface area (Å²) in [5, 5.41) is 10.1. The summed E-state index contributed by atoms with van der Waals surface area (Å²) in [6.07, 6.45) is -0.951. The van der Waals surface area contributed by atoms with Gasteiger partial charge in [0.05, 0.1) is 24.7 Å². The molecule has 0 heterocycles. The van der Waals surface area contributed by atoms with E-state index in [4.69, 9.17) is 9.47 Å². The third-order valence-corrected chi connectivity index (χ3v) is 4.85. The van der Waals surface area contributed by atoms with Crippen molar-refractivity contribution in [3.8, 4) is 11.5 Å². The first-order valence-electron chi connectivity index (χ1n) is 7.51. The second-order valence-electron chi connectivity index (χ2n) is 5.05. The van der Waals surface area contributed by atoms with Gasteiger partial charge >= 0.3 is 0 Å². The van der Waals surface area contributed by atoms with Gasteiger partial charge in [0.1, 0.15) is 11.5 Å². The lowest BCUT2D eigenvalue weighted by Gasteiger charge is -2.13. The van der Waals surface area contributed by atoms with E-state index in [1.165, 1.54) is 12.1 Å². The highest BCUT2D eigenvalue weighted by atomic mass is 32.2. The zero-order valence-corrected chi connectivity index (χ0v) is 14.4. The Bertz CT molecular complexity index is 742. The summed E-state index contributed by atoms with van der Waals surface area (Å²) in [4.78, 5) is 0.118. The Morgan fingerprint density at radius 1 is 1.04 bits per heavy atom. The predicted molar refractivity (Wildman–Crippen MR) is 90.8 cm³/mol. The van der Waals surface area contributed by atoms with Gasteiger partial charge in [-0.05, 0) is 48.9 Å². The monoisotopic (exact) mass is 351 g/mol. The fraction of sp³-hybridized carbons (Fsp3) is 0.294. The molecule has 0 radical (unpaired) electrons. The van der Waals surface area contributed by atoms with Crippen LogP contribution in [-0.2, 0) is 10.0 Å². The van der Waals surface area contributed by atoms with Crippen LogP contribution >= 0.6 is 0 Å². The number of sulfonamides is 1. The third kappa shape index (κ3) is 4.70. The van der Waals surface area contributed by atoms with Gasteiger partial charge in [-0.25, -0.2) is 13.1 Å². The van der Waals surface area contributed by atoms with Crippen LogP contribution in [0.2, 0.25) is 0 Å². The topological polar surface area (TPSA) is 84.9 Å². The fourth-order valence-electron chi connectivity index (χ4n) is 2.10. The molecule has 7 heteroatoms. The summed E-state index contributed by atoms with van der Waals surface area (Å²) in [5.74, 6) is 1.27. The molecular weight excluding hydrogens is 330 g/mol. The Kier molecular flexibility index (Phi) is 6.19. The second kappa shape index (κ2) is 8.14. The first kappa shape index (κ1) is 18.3. The number of nitrogens with one attached hydrogen (secondary N) is 1. The minimum Gasteiger partial charge on any atom is -0.497 e. The maximum absolute atomic E-state index is 12.3. The molecule has 2 aromatic carbocycles. The predicted octanol–water partition coefficient (Wildman–Crippen LogP) is 2.11. The molecule has 0 aliphatic heterocycles. The minimum absolute atomic E-state index is 0.118. The highest BCUT2D eigenvalue weighted by Gasteiger charge is 2.17. The van der Waals surface area contributed by atoms with Gasteiger partial charge in [0.25, 0.3) is 0 Å². The van der Waals surface area contributed by atoms with Gasteiger partial charge in [0.2, 0.25) is 10.0 Å². The number of aliphatic hydroxyl groups is 1. The van der Waals surface area contributed by atoms with E-state index in [0.29, 0.717) is 23.7 Å². The molecule has 0 saturated carbocycles. The molecular formula is C17H21NO5S. The van der Waals surface area contributed by atoms with Gasteiger partial charge < -0.3 is 14.6 Å². The lowest BCUT2D eigenvalue weighted by Crippen LogP contribution is -2.28. The van der Waals surface area contributed by atoms with Gasteiger partial charge in [-0.1, -0.05) is 12.1 Å². The van der Waals surface area contributed by atoms with Gasteiger partial charge in [0, 0.05) is 6.54 Å². The van der Waals surface area contributed by atoms with Crippen LogP contribution < -0.4 is 14.2 Å². The van der Waals surface area contributed by atoms with Crippen LogP contribution in [0, 0.1) is 0 Å². The second-order valence-corrected chi connectivity index (χ2v) is 6.81. The van der Waals surface area contributed by atoms with E-state index in [1.54, 1.807) is 43.5 Å². The molecule has 0 fully saturated rings. The van der Waals surface area contributed by atoms with Crippen LogP contribution in [0.25, 0.3) is 0 Å². The lowest BCUT2D eigenvalue weighted by atomic mass is 10.1. The van der Waals surface area contributed by atoms with Crippen molar-refractivity contribution >= 4 is 10.0 Å². The number of hydrogen-bond donors (Lipinski definition) is 2. The quantitative estimate of drug-likeness (QED) is 0.761. The first-order valence-corrected chi connectivity index (χ1v) is 8.99. The van der Waals surface area contributed by atoms with Gasteiger partial charge in [-0.15, -0.1) is 0 Å². The Labute approximate surface area is 142 Å². The first-order chi connectivity index (χ1) is 11.5. The molecule has 0 aromatic heterocycles. The lowest BCUT2D eigenvalue weighted by molar-refractivity contribution is 0.182. The normalized spacial score (nSPS) is 12.6. The maximum Gasteiger partial charge on any atom is 0.240 e. The molecule has 1 atom stereocenters.